The van der Waals surface area contributed by atoms with Gasteiger partial charge in [0, 0.05) is 43.2 Å². The first kappa shape index (κ1) is 14.7. The van der Waals surface area contributed by atoms with Crippen LogP contribution in [0.4, 0.5) is 0 Å². The minimum absolute atomic E-state index is 0.471. The third-order valence-corrected chi connectivity index (χ3v) is 5.32. The Morgan fingerprint density at radius 2 is 2.17 bits per heavy atom. The van der Waals surface area contributed by atoms with E-state index in [1.165, 1.54) is 57.6 Å². The van der Waals surface area contributed by atoms with E-state index in [1.807, 2.05) is 0 Å². The summed E-state index contributed by atoms with van der Waals surface area (Å²) in [4.78, 5) is 2.70. The highest BCUT2D eigenvalue weighted by Crippen LogP contribution is 2.29. The molecule has 0 bridgehead atoms. The van der Waals surface area contributed by atoms with Crippen molar-refractivity contribution in [3.8, 4) is 0 Å². The maximum Gasteiger partial charge on any atom is 0.0147 e. The summed E-state index contributed by atoms with van der Waals surface area (Å²) < 4.78 is 0. The highest BCUT2D eigenvalue weighted by molar-refractivity contribution is 7.99. The van der Waals surface area contributed by atoms with Gasteiger partial charge in [-0.05, 0) is 24.7 Å². The van der Waals surface area contributed by atoms with E-state index in [9.17, 15) is 0 Å². The van der Waals surface area contributed by atoms with Gasteiger partial charge in [-0.1, -0.05) is 27.2 Å². The Morgan fingerprint density at radius 3 is 2.78 bits per heavy atom. The summed E-state index contributed by atoms with van der Waals surface area (Å²) in [6.07, 6.45) is 5.46. The van der Waals surface area contributed by atoms with Crippen LogP contribution in [0.25, 0.3) is 0 Å². The van der Waals surface area contributed by atoms with Crippen LogP contribution in [0.15, 0.2) is 0 Å². The van der Waals surface area contributed by atoms with Crippen molar-refractivity contribution in [2.75, 3.05) is 31.9 Å². The largest absolute Gasteiger partial charge is 0.313 e. The lowest BCUT2D eigenvalue weighted by molar-refractivity contribution is 0.153. The lowest BCUT2D eigenvalue weighted by atomic mass is 9.84. The number of hydrogen-bond donors (Lipinski definition) is 1. The highest BCUT2D eigenvalue weighted by Gasteiger charge is 2.31. The molecule has 3 heteroatoms. The Balaban J connectivity index is 1.82. The van der Waals surface area contributed by atoms with E-state index in [1.54, 1.807) is 0 Å². The molecule has 2 atom stereocenters. The molecule has 1 saturated carbocycles. The third kappa shape index (κ3) is 4.75. The lowest BCUT2D eigenvalue weighted by Gasteiger charge is -2.39. The molecule has 1 N–H and O–H groups in total. The fourth-order valence-corrected chi connectivity index (χ4v) is 4.16. The van der Waals surface area contributed by atoms with Crippen LogP contribution in [0.3, 0.4) is 0 Å². The fraction of sp³-hybridized carbons (Fsp3) is 1.00. The van der Waals surface area contributed by atoms with Crippen molar-refractivity contribution in [1.29, 1.82) is 0 Å². The molecule has 2 nitrogen and oxygen atoms in total. The van der Waals surface area contributed by atoms with Crippen LogP contribution < -0.4 is 5.32 Å². The first-order chi connectivity index (χ1) is 8.61. The van der Waals surface area contributed by atoms with E-state index in [0.717, 1.165) is 11.3 Å². The van der Waals surface area contributed by atoms with Gasteiger partial charge in [0.05, 0.1) is 0 Å². The van der Waals surface area contributed by atoms with Gasteiger partial charge in [0.25, 0.3) is 0 Å². The molecule has 106 valence electrons. The molecule has 0 spiro atoms. The zero-order chi connectivity index (χ0) is 13.0. The van der Waals surface area contributed by atoms with E-state index in [0.29, 0.717) is 5.41 Å². The van der Waals surface area contributed by atoms with Gasteiger partial charge in [-0.3, -0.25) is 0 Å². The second-order valence-electron chi connectivity index (χ2n) is 6.63. The Kier molecular flexibility index (Phi) is 5.40. The summed E-state index contributed by atoms with van der Waals surface area (Å²) in [6.45, 7) is 12.2. The normalized spacial score (nSPS) is 29.2. The molecule has 0 aromatic rings. The molecule has 18 heavy (non-hydrogen) atoms. The van der Waals surface area contributed by atoms with E-state index >= 15 is 0 Å². The van der Waals surface area contributed by atoms with Gasteiger partial charge >= 0.3 is 0 Å². The van der Waals surface area contributed by atoms with Crippen molar-refractivity contribution < 1.29 is 0 Å². The van der Waals surface area contributed by atoms with Gasteiger partial charge in [-0.15, -0.1) is 0 Å². The first-order valence-electron chi connectivity index (χ1n) is 7.69. The summed E-state index contributed by atoms with van der Waals surface area (Å²) in [7, 11) is 0. The number of hydrogen-bond acceptors (Lipinski definition) is 3. The summed E-state index contributed by atoms with van der Waals surface area (Å²) >= 11 is 2.13. The second kappa shape index (κ2) is 6.62. The predicted molar refractivity (Wildman–Crippen MR) is 82.4 cm³/mol. The van der Waals surface area contributed by atoms with Gasteiger partial charge in [-0.25, -0.2) is 0 Å². The lowest BCUT2D eigenvalue weighted by Crippen LogP contribution is -2.46. The summed E-state index contributed by atoms with van der Waals surface area (Å²) in [5.41, 5.74) is 0.471. The molecule has 2 rings (SSSR count). The van der Waals surface area contributed by atoms with Gasteiger partial charge in [0.2, 0.25) is 0 Å². The van der Waals surface area contributed by atoms with Crippen molar-refractivity contribution in [3.63, 3.8) is 0 Å². The Hall–Kier alpha value is 0.270. The third-order valence-electron chi connectivity index (χ3n) is 4.18. The molecule has 0 radical (unpaired) electrons. The maximum absolute atomic E-state index is 3.75. The van der Waals surface area contributed by atoms with Crippen molar-refractivity contribution in [1.82, 2.24) is 10.2 Å². The highest BCUT2D eigenvalue weighted by atomic mass is 32.2. The monoisotopic (exact) mass is 270 g/mol. The Morgan fingerprint density at radius 1 is 1.39 bits per heavy atom. The molecule has 0 amide bonds. The average molecular weight is 270 g/mol. The standard InChI is InChI=1S/C15H30N2S/c1-4-7-15(3,11-16-14-5-6-14)12-17-8-9-18-13(2)10-17/h13-14,16H,4-12H2,1-3H3. The van der Waals surface area contributed by atoms with Crippen molar-refractivity contribution >= 4 is 11.8 Å². The van der Waals surface area contributed by atoms with Crippen molar-refractivity contribution in [2.24, 2.45) is 5.41 Å². The molecule has 1 heterocycles. The first-order valence-corrected chi connectivity index (χ1v) is 8.73. The molecule has 1 aliphatic carbocycles. The smallest absolute Gasteiger partial charge is 0.0147 e. The van der Waals surface area contributed by atoms with E-state index in [4.69, 9.17) is 0 Å². The summed E-state index contributed by atoms with van der Waals surface area (Å²) in [6, 6.07) is 0.844. The molecule has 0 aromatic carbocycles. The van der Waals surface area contributed by atoms with Crippen LogP contribution >= 0.6 is 11.8 Å². The van der Waals surface area contributed by atoms with Gasteiger partial charge in [-0.2, -0.15) is 11.8 Å². The van der Waals surface area contributed by atoms with Crippen molar-refractivity contribution in [2.45, 2.75) is 57.7 Å². The van der Waals surface area contributed by atoms with Gasteiger partial charge in [0.15, 0.2) is 0 Å². The molecule has 1 aliphatic heterocycles. The van der Waals surface area contributed by atoms with Crippen molar-refractivity contribution in [3.05, 3.63) is 0 Å². The van der Waals surface area contributed by atoms with E-state index < -0.39 is 0 Å². The number of thioether (sulfide) groups is 1. The Labute approximate surface area is 117 Å². The predicted octanol–water partition coefficient (Wildman–Crippen LogP) is 2.98. The van der Waals surface area contributed by atoms with Crippen LogP contribution in [0.5, 0.6) is 0 Å². The van der Waals surface area contributed by atoms with Gasteiger partial charge < -0.3 is 10.2 Å². The number of nitrogens with one attached hydrogen (secondary N) is 1. The summed E-state index contributed by atoms with van der Waals surface area (Å²) in [5.74, 6) is 1.32. The molecular formula is C15H30N2S. The fourth-order valence-electron chi connectivity index (χ4n) is 3.08. The van der Waals surface area contributed by atoms with Crippen LogP contribution in [0.2, 0.25) is 0 Å². The molecule has 1 saturated heterocycles. The molecule has 2 aliphatic rings. The topological polar surface area (TPSA) is 15.3 Å². The van der Waals surface area contributed by atoms with Crippen LogP contribution in [0.1, 0.15) is 46.5 Å². The van der Waals surface area contributed by atoms with E-state index in [-0.39, 0.29) is 0 Å². The SMILES string of the molecule is CCCC(C)(CNC1CC1)CN1CCSC(C)C1. The number of nitrogens with zero attached hydrogens (tertiary/aromatic N) is 1. The van der Waals surface area contributed by atoms with Crippen LogP contribution in [0, 0.1) is 5.41 Å². The van der Waals surface area contributed by atoms with Crippen LogP contribution in [-0.4, -0.2) is 48.1 Å². The molecule has 0 aromatic heterocycles. The second-order valence-corrected chi connectivity index (χ2v) is 8.18. The van der Waals surface area contributed by atoms with Crippen LogP contribution in [-0.2, 0) is 0 Å². The molecule has 2 fully saturated rings. The summed E-state index contributed by atoms with van der Waals surface area (Å²) in [5, 5.41) is 4.57. The quantitative estimate of drug-likeness (QED) is 0.765. The van der Waals surface area contributed by atoms with Gasteiger partial charge in [0.1, 0.15) is 0 Å². The average Bonchev–Trinajstić information content (AvgIpc) is 3.10. The molecular weight excluding hydrogens is 240 g/mol. The van der Waals surface area contributed by atoms with E-state index in [2.05, 4.69) is 42.7 Å². The Bertz CT molecular complexity index is 255. The number of rotatable bonds is 7. The maximum atomic E-state index is 3.75. The zero-order valence-corrected chi connectivity index (χ0v) is 13.2. The zero-order valence-electron chi connectivity index (χ0n) is 12.4. The minimum Gasteiger partial charge on any atom is -0.313 e. The minimum atomic E-state index is 0.471. The molecule has 2 unspecified atom stereocenters.